The smallest absolute Gasteiger partial charge is 0.0759 e. The third-order valence-corrected chi connectivity index (χ3v) is 5.42. The lowest BCUT2D eigenvalue weighted by molar-refractivity contribution is 0.541. The van der Waals surface area contributed by atoms with E-state index in [4.69, 9.17) is 9.98 Å². The zero-order chi connectivity index (χ0) is 14.9. The van der Waals surface area contributed by atoms with E-state index in [1.165, 1.54) is 36.2 Å². The SMILES string of the molecule is CC1=NC(c2ccncc2)CC1C1=NCC2CCC(C=C1)C2. The summed E-state index contributed by atoms with van der Waals surface area (Å²) >= 11 is 0. The Morgan fingerprint density at radius 1 is 1.09 bits per heavy atom. The van der Waals surface area contributed by atoms with Crippen molar-refractivity contribution < 1.29 is 0 Å². The quantitative estimate of drug-likeness (QED) is 0.811. The van der Waals surface area contributed by atoms with Gasteiger partial charge in [0.2, 0.25) is 0 Å². The van der Waals surface area contributed by atoms with Crippen LogP contribution in [0.3, 0.4) is 0 Å². The molecule has 1 aromatic rings. The van der Waals surface area contributed by atoms with Crippen LogP contribution in [0.25, 0.3) is 0 Å². The van der Waals surface area contributed by atoms with E-state index in [1.54, 1.807) is 0 Å². The highest BCUT2D eigenvalue weighted by atomic mass is 14.9. The molecule has 22 heavy (non-hydrogen) atoms. The molecule has 0 N–H and O–H groups in total. The Hall–Kier alpha value is -1.77. The van der Waals surface area contributed by atoms with Gasteiger partial charge in [-0.1, -0.05) is 6.08 Å². The van der Waals surface area contributed by atoms with Gasteiger partial charge in [-0.05, 0) is 68.2 Å². The highest BCUT2D eigenvalue weighted by Gasteiger charge is 2.31. The van der Waals surface area contributed by atoms with Crippen molar-refractivity contribution in [3.05, 3.63) is 42.2 Å². The zero-order valence-corrected chi connectivity index (χ0v) is 13.2. The van der Waals surface area contributed by atoms with Crippen molar-refractivity contribution in [2.45, 2.75) is 38.6 Å². The van der Waals surface area contributed by atoms with Gasteiger partial charge in [0, 0.05) is 36.3 Å². The number of hydrogen-bond donors (Lipinski definition) is 0. The average molecular weight is 293 g/mol. The van der Waals surface area contributed by atoms with Crippen LogP contribution in [0.2, 0.25) is 0 Å². The first-order valence-corrected chi connectivity index (χ1v) is 8.46. The number of nitrogens with zero attached hydrogens (tertiary/aromatic N) is 3. The number of rotatable bonds is 2. The molecule has 4 rings (SSSR count). The van der Waals surface area contributed by atoms with Crippen molar-refractivity contribution >= 4 is 11.4 Å². The molecule has 0 radical (unpaired) electrons. The van der Waals surface area contributed by atoms with Gasteiger partial charge in [-0.25, -0.2) is 0 Å². The Morgan fingerprint density at radius 2 is 1.95 bits per heavy atom. The van der Waals surface area contributed by atoms with Crippen molar-refractivity contribution in [2.24, 2.45) is 27.7 Å². The number of fused-ring (bicyclic) bond motifs is 2. The summed E-state index contributed by atoms with van der Waals surface area (Å²) in [6, 6.07) is 4.44. The number of pyridine rings is 1. The summed E-state index contributed by atoms with van der Waals surface area (Å²) in [4.78, 5) is 14.0. The van der Waals surface area contributed by atoms with E-state index in [1.807, 2.05) is 12.4 Å². The van der Waals surface area contributed by atoms with Crippen molar-refractivity contribution in [2.75, 3.05) is 6.54 Å². The summed E-state index contributed by atoms with van der Waals surface area (Å²) < 4.78 is 0. The van der Waals surface area contributed by atoms with Gasteiger partial charge in [0.15, 0.2) is 0 Å². The zero-order valence-electron chi connectivity index (χ0n) is 13.2. The molecule has 4 unspecified atom stereocenters. The predicted octanol–water partition coefficient (Wildman–Crippen LogP) is 4.03. The van der Waals surface area contributed by atoms with Crippen LogP contribution in [0.1, 0.15) is 44.2 Å². The molecule has 4 atom stereocenters. The molecule has 0 saturated heterocycles. The van der Waals surface area contributed by atoms with Gasteiger partial charge in [0.25, 0.3) is 0 Å². The Kier molecular flexibility index (Phi) is 3.65. The minimum atomic E-state index is 0.270. The second kappa shape index (κ2) is 5.79. The molecule has 3 heterocycles. The van der Waals surface area contributed by atoms with Gasteiger partial charge in [0.05, 0.1) is 6.04 Å². The van der Waals surface area contributed by atoms with Gasteiger partial charge < -0.3 is 0 Å². The highest BCUT2D eigenvalue weighted by Crippen LogP contribution is 2.36. The highest BCUT2D eigenvalue weighted by molar-refractivity contribution is 6.12. The summed E-state index contributed by atoms with van der Waals surface area (Å²) in [5.74, 6) is 1.98. The molecule has 114 valence electrons. The largest absolute Gasteiger partial charge is 0.289 e. The summed E-state index contributed by atoms with van der Waals surface area (Å²) in [7, 11) is 0. The van der Waals surface area contributed by atoms with Crippen LogP contribution in [0.5, 0.6) is 0 Å². The monoisotopic (exact) mass is 293 g/mol. The fraction of sp³-hybridized carbons (Fsp3) is 0.526. The van der Waals surface area contributed by atoms with Crippen LogP contribution in [0.15, 0.2) is 46.7 Å². The van der Waals surface area contributed by atoms with Crippen LogP contribution < -0.4 is 0 Å². The van der Waals surface area contributed by atoms with Crippen LogP contribution >= 0.6 is 0 Å². The normalized spacial score (nSPS) is 34.0. The van der Waals surface area contributed by atoms with E-state index < -0.39 is 0 Å². The third kappa shape index (κ3) is 2.65. The number of aliphatic imine (C=N–C) groups is 2. The topological polar surface area (TPSA) is 37.6 Å². The molecule has 3 heteroatoms. The first-order chi connectivity index (χ1) is 10.8. The van der Waals surface area contributed by atoms with Gasteiger partial charge in [-0.15, -0.1) is 0 Å². The standard InChI is InChI=1S/C19H23N3/c1-13-17(11-19(22-13)16-6-8-20-9-7-16)18-5-4-14-2-3-15(10-14)12-21-18/h4-9,14-15,17,19H,2-3,10-12H2,1H3. The fourth-order valence-corrected chi connectivity index (χ4v) is 4.12. The van der Waals surface area contributed by atoms with E-state index >= 15 is 0 Å². The summed E-state index contributed by atoms with van der Waals surface area (Å²) in [6.07, 6.45) is 13.5. The van der Waals surface area contributed by atoms with E-state index in [9.17, 15) is 0 Å². The minimum absolute atomic E-state index is 0.270. The molecule has 0 aromatic carbocycles. The fourth-order valence-electron chi connectivity index (χ4n) is 4.12. The summed E-state index contributed by atoms with van der Waals surface area (Å²) in [6.45, 7) is 3.18. The lowest BCUT2D eigenvalue weighted by Gasteiger charge is -2.16. The maximum absolute atomic E-state index is 4.96. The molecule has 2 bridgehead atoms. The van der Waals surface area contributed by atoms with Gasteiger partial charge in [-0.3, -0.25) is 15.0 Å². The van der Waals surface area contributed by atoms with E-state index in [0.717, 1.165) is 24.8 Å². The Bertz CT molecular complexity index is 629. The molecule has 0 spiro atoms. The van der Waals surface area contributed by atoms with E-state index in [-0.39, 0.29) is 6.04 Å². The third-order valence-electron chi connectivity index (χ3n) is 5.42. The molecule has 2 aliphatic heterocycles. The molecule has 1 aliphatic carbocycles. The molecular weight excluding hydrogens is 270 g/mol. The van der Waals surface area contributed by atoms with Gasteiger partial charge in [-0.2, -0.15) is 0 Å². The van der Waals surface area contributed by atoms with Gasteiger partial charge >= 0.3 is 0 Å². The van der Waals surface area contributed by atoms with Crippen LogP contribution in [0, 0.1) is 17.8 Å². The first kappa shape index (κ1) is 13.9. The maximum atomic E-state index is 4.96. The van der Waals surface area contributed by atoms with Crippen molar-refractivity contribution in [1.29, 1.82) is 0 Å². The lowest BCUT2D eigenvalue weighted by atomic mass is 9.90. The van der Waals surface area contributed by atoms with Gasteiger partial charge in [0.1, 0.15) is 0 Å². The maximum Gasteiger partial charge on any atom is 0.0759 e. The summed E-state index contributed by atoms with van der Waals surface area (Å²) in [5.41, 5.74) is 3.76. The predicted molar refractivity (Wildman–Crippen MR) is 90.5 cm³/mol. The van der Waals surface area contributed by atoms with E-state index in [2.05, 4.69) is 36.2 Å². The van der Waals surface area contributed by atoms with Crippen molar-refractivity contribution in [1.82, 2.24) is 4.98 Å². The van der Waals surface area contributed by atoms with Crippen LogP contribution in [0.4, 0.5) is 0 Å². The van der Waals surface area contributed by atoms with Crippen molar-refractivity contribution in [3.63, 3.8) is 0 Å². The molecule has 1 aromatic heterocycles. The molecule has 1 fully saturated rings. The van der Waals surface area contributed by atoms with Crippen LogP contribution in [-0.2, 0) is 0 Å². The molecule has 1 saturated carbocycles. The number of hydrogen-bond acceptors (Lipinski definition) is 3. The molecule has 3 aliphatic rings. The van der Waals surface area contributed by atoms with Crippen molar-refractivity contribution in [3.8, 4) is 0 Å². The van der Waals surface area contributed by atoms with E-state index in [0.29, 0.717) is 5.92 Å². The number of aromatic nitrogens is 1. The molecule has 0 amide bonds. The average Bonchev–Trinajstić information content (AvgIpc) is 3.14. The second-order valence-electron chi connectivity index (χ2n) is 6.92. The Morgan fingerprint density at radius 3 is 2.82 bits per heavy atom. The lowest BCUT2D eigenvalue weighted by Crippen LogP contribution is -2.19. The minimum Gasteiger partial charge on any atom is -0.289 e. The van der Waals surface area contributed by atoms with Crippen LogP contribution in [-0.4, -0.2) is 23.0 Å². The Balaban J connectivity index is 1.55. The molecule has 3 nitrogen and oxygen atoms in total. The Labute approximate surface area is 132 Å². The number of allylic oxidation sites excluding steroid dienone is 2. The first-order valence-electron chi connectivity index (χ1n) is 8.46. The summed E-state index contributed by atoms with van der Waals surface area (Å²) in [5, 5.41) is 0. The molecular formula is C19H23N3. The second-order valence-corrected chi connectivity index (χ2v) is 6.92.